The molecule has 3 N–H and O–H groups in total. The number of hydrogen-bond donors (Lipinski definition) is 2. The third-order valence-corrected chi connectivity index (χ3v) is 6.07. The zero-order chi connectivity index (χ0) is 21.3. The van der Waals surface area contributed by atoms with Gasteiger partial charge in [-0.2, -0.15) is 4.98 Å². The highest BCUT2D eigenvalue weighted by Crippen LogP contribution is 2.35. The van der Waals surface area contributed by atoms with Crippen LogP contribution >= 0.6 is 0 Å². The SMILES string of the molecule is COc1ccc(-c2cc3c(C)nc(N)nc3n(C3CCC(CCO)CC3)c2=O)cn1. The van der Waals surface area contributed by atoms with Gasteiger partial charge in [-0.15, -0.1) is 0 Å². The number of nitrogens with zero attached hydrogens (tertiary/aromatic N) is 4. The van der Waals surface area contributed by atoms with Gasteiger partial charge in [0.1, 0.15) is 5.65 Å². The third kappa shape index (κ3) is 3.75. The van der Waals surface area contributed by atoms with Crippen LogP contribution in [0.2, 0.25) is 0 Å². The highest BCUT2D eigenvalue weighted by Gasteiger charge is 2.26. The first-order valence-corrected chi connectivity index (χ1v) is 10.3. The number of aryl methyl sites for hydroxylation is 1. The predicted molar refractivity (Wildman–Crippen MR) is 115 cm³/mol. The Morgan fingerprint density at radius 1 is 1.23 bits per heavy atom. The minimum Gasteiger partial charge on any atom is -0.481 e. The molecule has 0 atom stereocenters. The molecule has 3 heterocycles. The normalized spacial score (nSPS) is 19.2. The molecular formula is C22H27N5O3. The molecule has 0 spiro atoms. The monoisotopic (exact) mass is 409 g/mol. The number of rotatable bonds is 5. The van der Waals surface area contributed by atoms with Crippen LogP contribution in [0, 0.1) is 12.8 Å². The van der Waals surface area contributed by atoms with Crippen LogP contribution in [0.15, 0.2) is 29.2 Å². The Balaban J connectivity index is 1.86. The summed E-state index contributed by atoms with van der Waals surface area (Å²) < 4.78 is 6.94. The van der Waals surface area contributed by atoms with Gasteiger partial charge in [0, 0.05) is 41.4 Å². The molecule has 8 nitrogen and oxygen atoms in total. The van der Waals surface area contributed by atoms with Crippen LogP contribution < -0.4 is 16.0 Å². The van der Waals surface area contributed by atoms with Crippen molar-refractivity contribution in [1.82, 2.24) is 19.5 Å². The molecule has 1 aliphatic carbocycles. The first-order valence-electron chi connectivity index (χ1n) is 10.3. The minimum atomic E-state index is -0.0995. The number of aliphatic hydroxyl groups is 1. The van der Waals surface area contributed by atoms with E-state index >= 15 is 0 Å². The Hall–Kier alpha value is -3.00. The fourth-order valence-corrected chi connectivity index (χ4v) is 4.45. The number of aliphatic hydroxyl groups excluding tert-OH is 1. The van der Waals surface area contributed by atoms with Crippen molar-refractivity contribution in [2.75, 3.05) is 19.5 Å². The number of anilines is 1. The molecule has 8 heteroatoms. The van der Waals surface area contributed by atoms with Crippen LogP contribution in [-0.2, 0) is 0 Å². The van der Waals surface area contributed by atoms with Gasteiger partial charge in [0.05, 0.1) is 12.8 Å². The molecule has 1 fully saturated rings. The maximum absolute atomic E-state index is 13.6. The van der Waals surface area contributed by atoms with Crippen LogP contribution in [-0.4, -0.2) is 38.3 Å². The van der Waals surface area contributed by atoms with Crippen LogP contribution in [0.3, 0.4) is 0 Å². The van der Waals surface area contributed by atoms with E-state index in [0.717, 1.165) is 48.7 Å². The van der Waals surface area contributed by atoms with Gasteiger partial charge in [-0.05, 0) is 57.1 Å². The summed E-state index contributed by atoms with van der Waals surface area (Å²) in [6.07, 6.45) is 6.16. The van der Waals surface area contributed by atoms with E-state index in [0.29, 0.717) is 23.0 Å². The molecule has 1 saturated carbocycles. The van der Waals surface area contributed by atoms with Crippen LogP contribution in [0.5, 0.6) is 5.88 Å². The number of nitrogen functional groups attached to an aromatic ring is 1. The van der Waals surface area contributed by atoms with E-state index in [1.54, 1.807) is 23.9 Å². The van der Waals surface area contributed by atoms with Crippen molar-refractivity contribution in [3.05, 3.63) is 40.4 Å². The summed E-state index contributed by atoms with van der Waals surface area (Å²) in [5.74, 6) is 1.17. The second kappa shape index (κ2) is 8.39. The molecule has 3 aromatic rings. The summed E-state index contributed by atoms with van der Waals surface area (Å²) in [5.41, 5.74) is 8.44. The fourth-order valence-electron chi connectivity index (χ4n) is 4.45. The summed E-state index contributed by atoms with van der Waals surface area (Å²) in [7, 11) is 1.56. The van der Waals surface area contributed by atoms with Crippen molar-refractivity contribution in [2.45, 2.75) is 45.1 Å². The van der Waals surface area contributed by atoms with Gasteiger partial charge < -0.3 is 15.6 Å². The van der Waals surface area contributed by atoms with E-state index in [2.05, 4.69) is 15.0 Å². The lowest BCUT2D eigenvalue weighted by Gasteiger charge is -2.30. The standard InChI is InChI=1S/C22H27N5O3/c1-13-17-11-18(15-5-8-19(30-2)24-12-15)21(29)27(20(17)26-22(23)25-13)16-6-3-14(4-7-16)9-10-28/h5,8,11-12,14,16,28H,3-4,6-7,9-10H2,1-2H3,(H2,23,25,26). The second-order valence-electron chi connectivity index (χ2n) is 7.91. The summed E-state index contributed by atoms with van der Waals surface area (Å²) in [6.45, 7) is 2.09. The molecule has 4 rings (SSSR count). The number of methoxy groups -OCH3 is 1. The number of aromatic nitrogens is 4. The van der Waals surface area contributed by atoms with Crippen molar-refractivity contribution in [1.29, 1.82) is 0 Å². The fraction of sp³-hybridized carbons (Fsp3) is 0.455. The molecule has 3 aromatic heterocycles. The largest absolute Gasteiger partial charge is 0.481 e. The topological polar surface area (TPSA) is 116 Å². The average Bonchev–Trinajstić information content (AvgIpc) is 2.74. The Bertz CT molecular complexity index is 1100. The zero-order valence-corrected chi connectivity index (χ0v) is 17.3. The molecule has 0 saturated heterocycles. The summed E-state index contributed by atoms with van der Waals surface area (Å²) >= 11 is 0. The summed E-state index contributed by atoms with van der Waals surface area (Å²) in [5, 5.41) is 10.1. The lowest BCUT2D eigenvalue weighted by Crippen LogP contribution is -2.30. The van der Waals surface area contributed by atoms with Gasteiger partial charge in [-0.3, -0.25) is 9.36 Å². The van der Waals surface area contributed by atoms with Crippen molar-refractivity contribution in [3.63, 3.8) is 0 Å². The Labute approximate surface area is 174 Å². The Kier molecular flexibility index (Phi) is 5.67. The first kappa shape index (κ1) is 20.3. The van der Waals surface area contributed by atoms with Gasteiger partial charge in [0.2, 0.25) is 11.8 Å². The van der Waals surface area contributed by atoms with Gasteiger partial charge in [0.25, 0.3) is 5.56 Å². The number of pyridine rings is 2. The maximum Gasteiger partial charge on any atom is 0.260 e. The molecule has 0 aliphatic heterocycles. The van der Waals surface area contributed by atoms with Gasteiger partial charge >= 0.3 is 0 Å². The maximum atomic E-state index is 13.6. The molecule has 1 aliphatic rings. The summed E-state index contributed by atoms with van der Waals surface area (Å²) in [4.78, 5) is 26.6. The molecule has 0 aromatic carbocycles. The smallest absolute Gasteiger partial charge is 0.260 e. The van der Waals surface area contributed by atoms with Gasteiger partial charge in [-0.25, -0.2) is 9.97 Å². The number of hydrogen-bond acceptors (Lipinski definition) is 7. The van der Waals surface area contributed by atoms with Crippen molar-refractivity contribution >= 4 is 17.0 Å². The quantitative estimate of drug-likeness (QED) is 0.665. The highest BCUT2D eigenvalue weighted by atomic mass is 16.5. The van der Waals surface area contributed by atoms with Crippen molar-refractivity contribution < 1.29 is 9.84 Å². The molecule has 0 unspecified atom stereocenters. The number of ether oxygens (including phenoxy) is 1. The molecule has 0 radical (unpaired) electrons. The van der Waals surface area contributed by atoms with E-state index in [-0.39, 0.29) is 24.2 Å². The molecular weight excluding hydrogens is 382 g/mol. The van der Waals surface area contributed by atoms with Crippen molar-refractivity contribution in [3.8, 4) is 17.0 Å². The predicted octanol–water partition coefficient (Wildman–Crippen LogP) is 2.87. The van der Waals surface area contributed by atoms with E-state index in [1.807, 2.05) is 19.1 Å². The van der Waals surface area contributed by atoms with Gasteiger partial charge in [0.15, 0.2) is 0 Å². The van der Waals surface area contributed by atoms with Crippen LogP contribution in [0.25, 0.3) is 22.2 Å². The average molecular weight is 409 g/mol. The molecule has 30 heavy (non-hydrogen) atoms. The lowest BCUT2D eigenvalue weighted by molar-refractivity contribution is 0.207. The second-order valence-corrected chi connectivity index (χ2v) is 7.91. The number of fused-ring (bicyclic) bond motifs is 1. The lowest BCUT2D eigenvalue weighted by atomic mass is 9.84. The van der Waals surface area contributed by atoms with E-state index in [4.69, 9.17) is 10.5 Å². The number of nitrogens with two attached hydrogens (primary N) is 1. The van der Waals surface area contributed by atoms with E-state index < -0.39 is 0 Å². The first-order chi connectivity index (χ1) is 14.5. The Morgan fingerprint density at radius 2 is 2.00 bits per heavy atom. The van der Waals surface area contributed by atoms with Gasteiger partial charge in [-0.1, -0.05) is 0 Å². The highest BCUT2D eigenvalue weighted by molar-refractivity contribution is 5.84. The van der Waals surface area contributed by atoms with E-state index in [9.17, 15) is 9.90 Å². The summed E-state index contributed by atoms with van der Waals surface area (Å²) in [6, 6.07) is 5.46. The Morgan fingerprint density at radius 3 is 2.63 bits per heavy atom. The molecule has 0 bridgehead atoms. The van der Waals surface area contributed by atoms with Crippen LogP contribution in [0.1, 0.15) is 43.8 Å². The molecule has 158 valence electrons. The molecule has 0 amide bonds. The van der Waals surface area contributed by atoms with Crippen molar-refractivity contribution in [2.24, 2.45) is 5.92 Å². The minimum absolute atomic E-state index is 0.0369. The zero-order valence-electron chi connectivity index (χ0n) is 17.3. The van der Waals surface area contributed by atoms with Crippen LogP contribution in [0.4, 0.5) is 5.95 Å². The van der Waals surface area contributed by atoms with E-state index in [1.165, 1.54) is 0 Å². The third-order valence-electron chi connectivity index (χ3n) is 6.07.